The predicted molar refractivity (Wildman–Crippen MR) is 95.7 cm³/mol. The number of hydrogen-bond acceptors (Lipinski definition) is 2. The topological polar surface area (TPSA) is 26.3 Å². The van der Waals surface area contributed by atoms with Gasteiger partial charge in [0.05, 0.1) is 0 Å². The van der Waals surface area contributed by atoms with Gasteiger partial charge in [-0.1, -0.05) is 49.9 Å². The van der Waals surface area contributed by atoms with E-state index in [1.54, 1.807) is 17.2 Å². The third-order valence-corrected chi connectivity index (χ3v) is 6.77. The first-order chi connectivity index (χ1) is 11.6. The lowest BCUT2D eigenvalue weighted by Crippen LogP contribution is -2.42. The lowest BCUT2D eigenvalue weighted by molar-refractivity contribution is -0.139. The van der Waals surface area contributed by atoms with Crippen molar-refractivity contribution in [2.45, 2.75) is 44.9 Å². The molecule has 4 atom stereocenters. The minimum atomic E-state index is -0.130. The fourth-order valence-electron chi connectivity index (χ4n) is 5.62. The zero-order chi connectivity index (χ0) is 16.7. The van der Waals surface area contributed by atoms with Crippen LogP contribution in [0.4, 0.5) is 0 Å². The van der Waals surface area contributed by atoms with Gasteiger partial charge in [0, 0.05) is 11.0 Å². The summed E-state index contributed by atoms with van der Waals surface area (Å²) in [6.07, 6.45) is 9.54. The van der Waals surface area contributed by atoms with Gasteiger partial charge in [0.1, 0.15) is 6.61 Å². The van der Waals surface area contributed by atoms with E-state index in [4.69, 9.17) is 4.74 Å². The van der Waals surface area contributed by atoms with E-state index in [0.717, 1.165) is 18.4 Å². The summed E-state index contributed by atoms with van der Waals surface area (Å²) in [5, 5.41) is 0. The van der Waals surface area contributed by atoms with E-state index in [1.165, 1.54) is 19.3 Å². The minimum Gasteiger partial charge on any atom is -0.458 e. The molecule has 0 aliphatic heterocycles. The molecule has 2 heteroatoms. The van der Waals surface area contributed by atoms with E-state index < -0.39 is 0 Å². The third kappa shape index (κ3) is 2.27. The number of carbonyl (C=O) groups is 1. The van der Waals surface area contributed by atoms with Gasteiger partial charge in [-0.2, -0.15) is 0 Å². The Hall–Kier alpha value is -1.83. The number of rotatable bonds is 3. The van der Waals surface area contributed by atoms with Crippen LogP contribution in [-0.4, -0.2) is 12.6 Å². The van der Waals surface area contributed by atoms with Gasteiger partial charge < -0.3 is 4.74 Å². The maximum Gasteiger partial charge on any atom is 0.334 e. The van der Waals surface area contributed by atoms with Crippen LogP contribution >= 0.6 is 0 Å². The molecule has 0 radical (unpaired) electrons. The maximum atomic E-state index is 12.5. The Labute approximate surface area is 144 Å². The van der Waals surface area contributed by atoms with Crippen LogP contribution in [0, 0.1) is 17.3 Å². The minimum absolute atomic E-state index is 0.00823. The Bertz CT molecular complexity index is 702. The van der Waals surface area contributed by atoms with Crippen LogP contribution in [0.5, 0.6) is 0 Å². The number of benzene rings is 1. The van der Waals surface area contributed by atoms with Crippen molar-refractivity contribution >= 4 is 5.97 Å². The average Bonchev–Trinajstić information content (AvgIpc) is 2.96. The Balaban J connectivity index is 1.60. The number of aryl methyl sites for hydroxylation is 1. The molecule has 24 heavy (non-hydrogen) atoms. The van der Waals surface area contributed by atoms with Gasteiger partial charge in [-0.25, -0.2) is 4.79 Å². The fourth-order valence-corrected chi connectivity index (χ4v) is 5.62. The molecule has 0 N–H and O–H groups in total. The van der Waals surface area contributed by atoms with Crippen LogP contribution in [0.1, 0.15) is 49.7 Å². The van der Waals surface area contributed by atoms with E-state index in [2.05, 4.69) is 43.8 Å². The largest absolute Gasteiger partial charge is 0.458 e. The summed E-state index contributed by atoms with van der Waals surface area (Å²) in [4.78, 5) is 12.5. The molecule has 0 heterocycles. The molecule has 0 spiro atoms. The monoisotopic (exact) mass is 322 g/mol. The van der Waals surface area contributed by atoms with Gasteiger partial charge in [0.2, 0.25) is 0 Å². The normalized spacial score (nSPS) is 33.7. The molecule has 3 aliphatic rings. The molecule has 4 rings (SSSR count). The van der Waals surface area contributed by atoms with Crippen LogP contribution in [0.3, 0.4) is 0 Å². The highest BCUT2D eigenvalue weighted by molar-refractivity contribution is 5.90. The number of allylic oxidation sites excluding steroid dienone is 1. The highest BCUT2D eigenvalue weighted by Gasteiger charge is 2.53. The molecule has 0 bridgehead atoms. The van der Waals surface area contributed by atoms with Crippen LogP contribution in [0.25, 0.3) is 0 Å². The van der Waals surface area contributed by atoms with E-state index in [0.29, 0.717) is 24.4 Å². The van der Waals surface area contributed by atoms with E-state index in [9.17, 15) is 4.79 Å². The number of hydrogen-bond donors (Lipinski definition) is 0. The molecule has 1 saturated carbocycles. The van der Waals surface area contributed by atoms with Crippen molar-refractivity contribution in [2.75, 3.05) is 6.61 Å². The van der Waals surface area contributed by atoms with Gasteiger partial charge in [0.15, 0.2) is 0 Å². The summed E-state index contributed by atoms with van der Waals surface area (Å²) < 4.78 is 5.36. The summed E-state index contributed by atoms with van der Waals surface area (Å²) in [6.45, 7) is 6.23. The van der Waals surface area contributed by atoms with Gasteiger partial charge in [-0.05, 0) is 61.0 Å². The van der Waals surface area contributed by atoms with E-state index in [1.807, 2.05) is 0 Å². The van der Waals surface area contributed by atoms with Crippen molar-refractivity contribution in [3.63, 3.8) is 0 Å². The maximum absolute atomic E-state index is 12.5. The second kappa shape index (κ2) is 5.91. The predicted octanol–water partition coefficient (Wildman–Crippen LogP) is 4.81. The molecular weight excluding hydrogens is 296 g/mol. The molecule has 0 aromatic heterocycles. The molecule has 1 fully saturated rings. The highest BCUT2D eigenvalue weighted by atomic mass is 16.5. The van der Waals surface area contributed by atoms with Crippen molar-refractivity contribution in [2.24, 2.45) is 17.3 Å². The zero-order valence-corrected chi connectivity index (χ0v) is 14.5. The second-order valence-corrected chi connectivity index (χ2v) is 7.81. The molecule has 3 aliphatic carbocycles. The lowest BCUT2D eigenvalue weighted by atomic mass is 9.54. The lowest BCUT2D eigenvalue weighted by Gasteiger charge is -2.50. The average molecular weight is 322 g/mol. The first kappa shape index (κ1) is 15.7. The quantitative estimate of drug-likeness (QED) is 0.590. The first-order valence-corrected chi connectivity index (χ1v) is 9.21. The summed E-state index contributed by atoms with van der Waals surface area (Å²) in [7, 11) is 0. The molecule has 0 unspecified atom stereocenters. The summed E-state index contributed by atoms with van der Waals surface area (Å²) in [5.74, 6) is 1.81. The number of esters is 1. The Morgan fingerprint density at radius 3 is 3.04 bits per heavy atom. The van der Waals surface area contributed by atoms with Crippen LogP contribution in [0.2, 0.25) is 0 Å². The van der Waals surface area contributed by atoms with Crippen LogP contribution in [0.15, 0.2) is 48.6 Å². The summed E-state index contributed by atoms with van der Waals surface area (Å²) in [6, 6.07) is 8.97. The molecule has 0 saturated heterocycles. The summed E-state index contributed by atoms with van der Waals surface area (Å²) in [5.41, 5.74) is 4.02. The molecule has 1 aromatic rings. The Morgan fingerprint density at radius 2 is 2.21 bits per heavy atom. The molecule has 0 amide bonds. The number of carbonyl (C=O) groups excluding carboxylic acids is 1. The molecular formula is C22H26O2. The van der Waals surface area contributed by atoms with Crippen molar-refractivity contribution in [1.29, 1.82) is 0 Å². The standard InChI is InChI=1S/C22H26O2/c1-3-14-24-21(23)20-11-10-19-18-9-8-15-6-4-5-7-16(15)17(18)12-13-22(19,20)2/h3-7,11,17-19H,1,8-10,12-14H2,2H3/t17-,18-,19+,22+/m1/s1. The Kier molecular flexibility index (Phi) is 3.86. The Morgan fingerprint density at radius 1 is 1.38 bits per heavy atom. The van der Waals surface area contributed by atoms with E-state index in [-0.39, 0.29) is 11.4 Å². The first-order valence-electron chi connectivity index (χ1n) is 9.21. The van der Waals surface area contributed by atoms with Gasteiger partial charge in [-0.15, -0.1) is 0 Å². The van der Waals surface area contributed by atoms with Crippen molar-refractivity contribution in [3.8, 4) is 0 Å². The molecule has 126 valence electrons. The summed E-state index contributed by atoms with van der Waals surface area (Å²) >= 11 is 0. The zero-order valence-electron chi connectivity index (χ0n) is 14.5. The molecule has 1 aromatic carbocycles. The highest BCUT2D eigenvalue weighted by Crippen LogP contribution is 2.61. The van der Waals surface area contributed by atoms with Crippen LogP contribution in [-0.2, 0) is 16.0 Å². The van der Waals surface area contributed by atoms with Crippen molar-refractivity contribution in [1.82, 2.24) is 0 Å². The smallest absolute Gasteiger partial charge is 0.334 e. The fraction of sp³-hybridized carbons (Fsp3) is 0.500. The van der Waals surface area contributed by atoms with Gasteiger partial charge in [0.25, 0.3) is 0 Å². The number of ether oxygens (including phenoxy) is 1. The molecule has 2 nitrogen and oxygen atoms in total. The van der Waals surface area contributed by atoms with Gasteiger partial charge >= 0.3 is 5.97 Å². The van der Waals surface area contributed by atoms with E-state index >= 15 is 0 Å². The van der Waals surface area contributed by atoms with Crippen molar-refractivity contribution in [3.05, 3.63) is 59.7 Å². The second-order valence-electron chi connectivity index (χ2n) is 7.81. The third-order valence-electron chi connectivity index (χ3n) is 6.77. The van der Waals surface area contributed by atoms with Crippen molar-refractivity contribution < 1.29 is 9.53 Å². The van der Waals surface area contributed by atoms with Gasteiger partial charge in [-0.3, -0.25) is 0 Å². The SMILES string of the molecule is C=CCOC(=O)C1=CC[C@H]2[C@@H]3CCc4ccccc4[C@H]3CC[C@]12C. The number of fused-ring (bicyclic) bond motifs is 5. The van der Waals surface area contributed by atoms with Crippen LogP contribution < -0.4 is 0 Å².